The summed E-state index contributed by atoms with van der Waals surface area (Å²) < 4.78 is 45.1. The van der Waals surface area contributed by atoms with Gasteiger partial charge in [-0.25, -0.2) is 4.98 Å². The number of anilines is 3. The summed E-state index contributed by atoms with van der Waals surface area (Å²) in [6.45, 7) is 0.350. The van der Waals surface area contributed by atoms with Crippen LogP contribution in [0.3, 0.4) is 0 Å². The molecule has 0 saturated heterocycles. The van der Waals surface area contributed by atoms with Crippen LogP contribution in [0.1, 0.15) is 29.6 Å². The van der Waals surface area contributed by atoms with Gasteiger partial charge < -0.3 is 26.2 Å². The van der Waals surface area contributed by atoms with E-state index in [2.05, 4.69) is 25.2 Å². The highest BCUT2D eigenvalue weighted by molar-refractivity contribution is 8.00. The highest BCUT2D eigenvalue weighted by Gasteiger charge is 2.27. The lowest BCUT2D eigenvalue weighted by Gasteiger charge is -2.09. The summed E-state index contributed by atoms with van der Waals surface area (Å²) in [4.78, 5) is 27.1. The maximum absolute atomic E-state index is 12.3. The largest absolute Gasteiger partial charge is 0.478 e. The number of aromatic nitrogens is 3. The molecule has 0 spiro atoms. The highest BCUT2D eigenvalue weighted by Crippen LogP contribution is 2.30. The molecule has 3 rings (SSSR count). The fraction of sp³-hybridized carbons (Fsp3) is 0.273. The average molecular weight is 524 g/mol. The van der Waals surface area contributed by atoms with Gasteiger partial charge in [-0.15, -0.1) is 0 Å². The average Bonchev–Trinajstić information content (AvgIpc) is 3.22. The molecule has 0 aliphatic rings. The number of hydrogen-bond acceptors (Lipinski definition) is 8. The standard InChI is InChI=1S/C22H24F3N7O3S/c23-22(24,25)12-36-32-14-6-4-13(5-7-14)19-18(20(27)34)21(31-30-19)29-15-8-9-28-17(11-15)35-10-2-1-3-16(26)33/h4-9,11,32H,1-3,10,12H2,(H2,26,33)(H2,27,34)(H2,28,29,30,31). The predicted octanol–water partition coefficient (Wildman–Crippen LogP) is 3.97. The summed E-state index contributed by atoms with van der Waals surface area (Å²) in [5.74, 6) is -1.62. The Bertz CT molecular complexity index is 1190. The second kappa shape index (κ2) is 12.2. The van der Waals surface area contributed by atoms with Crippen LogP contribution in [0.15, 0.2) is 42.6 Å². The first-order valence-electron chi connectivity index (χ1n) is 10.7. The smallest absolute Gasteiger partial charge is 0.399 e. The molecule has 0 bridgehead atoms. The second-order valence-corrected chi connectivity index (χ2v) is 8.33. The number of aromatic amines is 1. The van der Waals surface area contributed by atoms with Crippen molar-refractivity contribution in [1.29, 1.82) is 0 Å². The van der Waals surface area contributed by atoms with Gasteiger partial charge in [0.15, 0.2) is 5.82 Å². The van der Waals surface area contributed by atoms with Gasteiger partial charge in [0.1, 0.15) is 11.3 Å². The zero-order chi connectivity index (χ0) is 26.1. The molecule has 36 heavy (non-hydrogen) atoms. The van der Waals surface area contributed by atoms with Gasteiger partial charge in [-0.2, -0.15) is 18.3 Å². The number of nitrogens with one attached hydrogen (secondary N) is 3. The number of nitrogens with two attached hydrogens (primary N) is 2. The van der Waals surface area contributed by atoms with Crippen LogP contribution in [-0.4, -0.2) is 45.5 Å². The van der Waals surface area contributed by atoms with Gasteiger partial charge in [-0.1, -0.05) is 12.1 Å². The number of hydrogen-bond donors (Lipinski definition) is 5. The molecular weight excluding hydrogens is 499 g/mol. The Kier molecular flexibility index (Phi) is 9.00. The molecule has 0 aliphatic carbocycles. The third-order valence-corrected chi connectivity index (χ3v) is 5.53. The van der Waals surface area contributed by atoms with Crippen LogP contribution in [0.4, 0.5) is 30.4 Å². The lowest BCUT2D eigenvalue weighted by molar-refractivity contribution is -0.118. The first kappa shape index (κ1) is 26.7. The van der Waals surface area contributed by atoms with Crippen LogP contribution >= 0.6 is 11.9 Å². The van der Waals surface area contributed by atoms with E-state index in [1.54, 1.807) is 36.4 Å². The number of pyridine rings is 1. The summed E-state index contributed by atoms with van der Waals surface area (Å²) in [5, 5.41) is 9.94. The van der Waals surface area contributed by atoms with Gasteiger partial charge in [0.05, 0.1) is 12.3 Å². The van der Waals surface area contributed by atoms with Crippen molar-refractivity contribution in [3.8, 4) is 17.1 Å². The van der Waals surface area contributed by atoms with E-state index in [0.717, 1.165) is 0 Å². The molecule has 2 amide bonds. The SMILES string of the molecule is NC(=O)CCCCOc1cc(Nc2n[nH]c(-c3ccc(NSCC(F)(F)F)cc3)c2C(N)=O)ccn1. The van der Waals surface area contributed by atoms with Crippen molar-refractivity contribution >= 4 is 41.0 Å². The number of unbranched alkanes of at least 4 members (excludes halogenated alkanes) is 1. The van der Waals surface area contributed by atoms with E-state index >= 15 is 0 Å². The van der Waals surface area contributed by atoms with Crippen molar-refractivity contribution in [3.63, 3.8) is 0 Å². The number of nitrogens with zero attached hydrogens (tertiary/aromatic N) is 2. The van der Waals surface area contributed by atoms with Crippen molar-refractivity contribution in [2.24, 2.45) is 11.5 Å². The summed E-state index contributed by atoms with van der Waals surface area (Å²) in [6.07, 6.45) is -1.24. The van der Waals surface area contributed by atoms with Gasteiger partial charge in [0, 0.05) is 35.6 Å². The first-order valence-corrected chi connectivity index (χ1v) is 11.7. The second-order valence-electron chi connectivity index (χ2n) is 7.55. The number of carbonyl (C=O) groups is 2. The van der Waals surface area contributed by atoms with E-state index in [1.807, 2.05) is 0 Å². The van der Waals surface area contributed by atoms with Gasteiger partial charge in [0.25, 0.3) is 5.91 Å². The molecule has 2 heterocycles. The molecule has 0 atom stereocenters. The zero-order valence-corrected chi connectivity index (χ0v) is 19.7. The molecule has 0 unspecified atom stereocenters. The molecule has 14 heteroatoms. The molecule has 192 valence electrons. The molecule has 0 aliphatic heterocycles. The van der Waals surface area contributed by atoms with Crippen LogP contribution in [0.25, 0.3) is 11.3 Å². The number of rotatable bonds is 13. The number of benzene rings is 1. The van der Waals surface area contributed by atoms with Crippen molar-refractivity contribution in [1.82, 2.24) is 15.2 Å². The Labute approximate surface area is 208 Å². The maximum Gasteiger partial charge on any atom is 0.399 e. The van der Waals surface area contributed by atoms with Crippen LogP contribution in [0.2, 0.25) is 0 Å². The van der Waals surface area contributed by atoms with E-state index in [0.29, 0.717) is 59.9 Å². The minimum Gasteiger partial charge on any atom is -0.478 e. The quantitative estimate of drug-likeness (QED) is 0.166. The maximum atomic E-state index is 12.3. The predicted molar refractivity (Wildman–Crippen MR) is 131 cm³/mol. The van der Waals surface area contributed by atoms with Gasteiger partial charge >= 0.3 is 6.18 Å². The van der Waals surface area contributed by atoms with Crippen LogP contribution in [-0.2, 0) is 4.79 Å². The Morgan fingerprint density at radius 2 is 1.83 bits per heavy atom. The lowest BCUT2D eigenvalue weighted by Crippen LogP contribution is -2.13. The zero-order valence-electron chi connectivity index (χ0n) is 18.9. The van der Waals surface area contributed by atoms with Crippen molar-refractivity contribution in [2.75, 3.05) is 22.4 Å². The van der Waals surface area contributed by atoms with E-state index in [4.69, 9.17) is 16.2 Å². The van der Waals surface area contributed by atoms with Crippen molar-refractivity contribution in [3.05, 3.63) is 48.2 Å². The minimum absolute atomic E-state index is 0.105. The van der Waals surface area contributed by atoms with E-state index in [1.165, 1.54) is 6.20 Å². The molecule has 0 fully saturated rings. The molecule has 3 aromatic rings. The monoisotopic (exact) mass is 523 g/mol. The molecule has 0 saturated carbocycles. The lowest BCUT2D eigenvalue weighted by atomic mass is 10.1. The fourth-order valence-corrected chi connectivity index (χ4v) is 3.61. The summed E-state index contributed by atoms with van der Waals surface area (Å²) in [7, 11) is 0. The van der Waals surface area contributed by atoms with Gasteiger partial charge in [0.2, 0.25) is 11.8 Å². The highest BCUT2D eigenvalue weighted by atomic mass is 32.2. The van der Waals surface area contributed by atoms with Crippen molar-refractivity contribution < 1.29 is 27.5 Å². The topological polar surface area (TPSA) is 161 Å². The summed E-state index contributed by atoms with van der Waals surface area (Å²) in [5.41, 5.74) is 12.7. The Hall–Kier alpha value is -3.94. The third-order valence-electron chi connectivity index (χ3n) is 4.68. The molecule has 7 N–H and O–H groups in total. The summed E-state index contributed by atoms with van der Waals surface area (Å²) >= 11 is 0.525. The third kappa shape index (κ3) is 8.08. The Balaban J connectivity index is 1.67. The minimum atomic E-state index is -4.28. The van der Waals surface area contributed by atoms with Crippen molar-refractivity contribution in [2.45, 2.75) is 25.4 Å². The molecular formula is C22H24F3N7O3S. The first-order chi connectivity index (χ1) is 17.1. The number of carbonyl (C=O) groups excluding carboxylic acids is 2. The van der Waals surface area contributed by atoms with Gasteiger partial charge in [-0.3, -0.25) is 14.7 Å². The number of ether oxygens (including phenoxy) is 1. The molecule has 1 aromatic carbocycles. The van der Waals surface area contributed by atoms with Crippen LogP contribution < -0.4 is 26.2 Å². The normalized spacial score (nSPS) is 11.2. The number of primary amides is 2. The Morgan fingerprint density at radius 1 is 1.08 bits per heavy atom. The molecule has 0 radical (unpaired) electrons. The van der Waals surface area contributed by atoms with E-state index < -0.39 is 17.8 Å². The number of amides is 2. The number of halogens is 3. The molecule has 2 aromatic heterocycles. The van der Waals surface area contributed by atoms with E-state index in [-0.39, 0.29) is 23.7 Å². The van der Waals surface area contributed by atoms with Gasteiger partial charge in [-0.05, 0) is 43.0 Å². The Morgan fingerprint density at radius 3 is 2.50 bits per heavy atom. The molecule has 10 nitrogen and oxygen atoms in total. The number of H-pyrrole nitrogens is 1. The number of alkyl halides is 3. The van der Waals surface area contributed by atoms with Crippen LogP contribution in [0, 0.1) is 0 Å². The fourth-order valence-electron chi connectivity index (χ4n) is 3.07. The van der Waals surface area contributed by atoms with Crippen LogP contribution in [0.5, 0.6) is 5.88 Å². The van der Waals surface area contributed by atoms with E-state index in [9.17, 15) is 22.8 Å². The summed E-state index contributed by atoms with van der Waals surface area (Å²) in [6, 6.07) is 9.67.